The number of nitrogens with one attached hydrogen (secondary N) is 2. The molecule has 0 bridgehead atoms. The minimum Gasteiger partial charge on any atom is -0.490 e. The summed E-state index contributed by atoms with van der Waals surface area (Å²) in [5.74, 6) is -1.58. The molecule has 40 heavy (non-hydrogen) atoms. The number of ether oxygens (including phenoxy) is 2. The van der Waals surface area contributed by atoms with E-state index in [0.717, 1.165) is 10.5 Å². The molecule has 0 aliphatic carbocycles. The van der Waals surface area contributed by atoms with E-state index in [2.05, 4.69) is 26.6 Å². The molecular formula is C28H22BrCl2N3O6. The molecule has 5 amide bonds. The summed E-state index contributed by atoms with van der Waals surface area (Å²) in [5.41, 5.74) is 1.74. The van der Waals surface area contributed by atoms with Crippen molar-refractivity contribution in [3.63, 3.8) is 0 Å². The highest BCUT2D eigenvalue weighted by molar-refractivity contribution is 9.10. The van der Waals surface area contributed by atoms with Gasteiger partial charge < -0.3 is 14.8 Å². The second-order valence-electron chi connectivity index (χ2n) is 8.50. The standard InChI is InChI=1S/C28H22BrCl2N3O6/c1-3-39-23-11-16(9-20-26(36)33-28(38)34(27(20)37)19-6-4-5-17(30)12-19)10-21(29)25(23)40-14-24(35)32-18-8-7-15(2)22(31)13-18/h4-13H,3,14H2,1-2H3,(H,32,35)(H,33,36,38)/b20-9+. The van der Waals surface area contributed by atoms with E-state index < -0.39 is 23.8 Å². The van der Waals surface area contributed by atoms with Crippen molar-refractivity contribution in [1.29, 1.82) is 0 Å². The lowest BCUT2D eigenvalue weighted by Crippen LogP contribution is -2.54. The third-order valence-corrected chi connectivity index (χ3v) is 6.85. The Labute approximate surface area is 248 Å². The molecule has 9 nitrogen and oxygen atoms in total. The normalized spacial score (nSPS) is 14.3. The third-order valence-electron chi connectivity index (χ3n) is 5.61. The van der Waals surface area contributed by atoms with E-state index in [9.17, 15) is 19.2 Å². The van der Waals surface area contributed by atoms with Crippen LogP contribution in [0.2, 0.25) is 10.0 Å². The number of halogens is 3. The molecule has 3 aromatic rings. The quantitative estimate of drug-likeness (QED) is 0.224. The van der Waals surface area contributed by atoms with Crippen LogP contribution in [0.4, 0.5) is 16.2 Å². The zero-order valence-corrected chi connectivity index (χ0v) is 24.3. The Kier molecular flexibility index (Phi) is 9.14. The predicted molar refractivity (Wildman–Crippen MR) is 156 cm³/mol. The second-order valence-corrected chi connectivity index (χ2v) is 10.2. The van der Waals surface area contributed by atoms with E-state index in [1.54, 1.807) is 49.4 Å². The van der Waals surface area contributed by atoms with E-state index in [0.29, 0.717) is 25.8 Å². The van der Waals surface area contributed by atoms with Crippen LogP contribution in [0, 0.1) is 6.92 Å². The maximum absolute atomic E-state index is 13.2. The maximum atomic E-state index is 13.2. The molecule has 206 valence electrons. The zero-order valence-electron chi connectivity index (χ0n) is 21.2. The van der Waals surface area contributed by atoms with Crippen molar-refractivity contribution in [3.8, 4) is 11.5 Å². The van der Waals surface area contributed by atoms with Gasteiger partial charge >= 0.3 is 6.03 Å². The molecule has 12 heteroatoms. The van der Waals surface area contributed by atoms with Gasteiger partial charge in [-0.25, -0.2) is 9.69 Å². The van der Waals surface area contributed by atoms with Crippen molar-refractivity contribution >= 4 is 80.3 Å². The largest absolute Gasteiger partial charge is 0.490 e. The van der Waals surface area contributed by atoms with Crippen LogP contribution in [-0.2, 0) is 14.4 Å². The van der Waals surface area contributed by atoms with E-state index in [1.807, 2.05) is 6.92 Å². The average Bonchev–Trinajstić information content (AvgIpc) is 2.88. The number of nitrogens with zero attached hydrogens (tertiary/aromatic N) is 1. The van der Waals surface area contributed by atoms with Gasteiger partial charge in [-0.1, -0.05) is 35.3 Å². The van der Waals surface area contributed by atoms with Gasteiger partial charge in [-0.05, 0) is 89.4 Å². The van der Waals surface area contributed by atoms with Gasteiger partial charge in [-0.3, -0.25) is 19.7 Å². The molecule has 0 spiro atoms. The van der Waals surface area contributed by atoms with Gasteiger partial charge in [0.15, 0.2) is 18.1 Å². The fraction of sp³-hybridized carbons (Fsp3) is 0.143. The SMILES string of the molecule is CCOc1cc(/C=C2\C(=O)NC(=O)N(c3cccc(Cl)c3)C2=O)cc(Br)c1OCC(=O)Nc1ccc(C)c(Cl)c1. The van der Waals surface area contributed by atoms with Crippen LogP contribution in [0.3, 0.4) is 0 Å². The molecule has 0 atom stereocenters. The number of rotatable bonds is 8. The summed E-state index contributed by atoms with van der Waals surface area (Å²) >= 11 is 15.6. The van der Waals surface area contributed by atoms with Crippen molar-refractivity contribution in [1.82, 2.24) is 5.32 Å². The first kappa shape index (κ1) is 29.1. The fourth-order valence-electron chi connectivity index (χ4n) is 3.75. The molecule has 0 saturated carbocycles. The topological polar surface area (TPSA) is 114 Å². The van der Waals surface area contributed by atoms with Crippen LogP contribution in [0.15, 0.2) is 64.6 Å². The number of urea groups is 1. The van der Waals surface area contributed by atoms with E-state index in [-0.39, 0.29) is 36.0 Å². The predicted octanol–water partition coefficient (Wildman–Crippen LogP) is 6.15. The first-order valence-corrected chi connectivity index (χ1v) is 13.4. The summed E-state index contributed by atoms with van der Waals surface area (Å²) in [5, 5.41) is 5.72. The van der Waals surface area contributed by atoms with Gasteiger partial charge in [0, 0.05) is 15.7 Å². The van der Waals surface area contributed by atoms with E-state index in [4.69, 9.17) is 32.7 Å². The van der Waals surface area contributed by atoms with Gasteiger partial charge in [0.25, 0.3) is 17.7 Å². The Morgan fingerprint density at radius 1 is 1.07 bits per heavy atom. The number of anilines is 2. The highest BCUT2D eigenvalue weighted by Gasteiger charge is 2.37. The molecule has 1 aliphatic rings. The molecule has 2 N–H and O–H groups in total. The Morgan fingerprint density at radius 2 is 1.85 bits per heavy atom. The number of hydrogen-bond donors (Lipinski definition) is 2. The monoisotopic (exact) mass is 645 g/mol. The third kappa shape index (κ3) is 6.64. The Bertz CT molecular complexity index is 1560. The van der Waals surface area contributed by atoms with Crippen LogP contribution < -0.4 is 25.0 Å². The smallest absolute Gasteiger partial charge is 0.335 e. The molecular weight excluding hydrogens is 625 g/mol. The Balaban J connectivity index is 1.57. The summed E-state index contributed by atoms with van der Waals surface area (Å²) in [4.78, 5) is 51.6. The summed E-state index contributed by atoms with van der Waals surface area (Å²) in [6.45, 7) is 3.56. The maximum Gasteiger partial charge on any atom is 0.335 e. The average molecular weight is 647 g/mol. The molecule has 1 heterocycles. The summed E-state index contributed by atoms with van der Waals surface area (Å²) in [6, 6.07) is 13.5. The molecule has 1 aliphatic heterocycles. The van der Waals surface area contributed by atoms with Gasteiger partial charge in [0.1, 0.15) is 5.57 Å². The first-order valence-electron chi connectivity index (χ1n) is 11.9. The van der Waals surface area contributed by atoms with Crippen LogP contribution in [0.5, 0.6) is 11.5 Å². The minimum atomic E-state index is -0.888. The lowest BCUT2D eigenvalue weighted by Gasteiger charge is -2.26. The van der Waals surface area contributed by atoms with Crippen LogP contribution >= 0.6 is 39.1 Å². The summed E-state index contributed by atoms with van der Waals surface area (Å²) in [6.07, 6.45) is 1.33. The molecule has 0 unspecified atom stereocenters. The molecule has 0 aromatic heterocycles. The fourth-order valence-corrected chi connectivity index (χ4v) is 4.69. The molecule has 0 radical (unpaired) electrons. The van der Waals surface area contributed by atoms with Crippen LogP contribution in [0.1, 0.15) is 18.1 Å². The number of imide groups is 2. The zero-order chi connectivity index (χ0) is 29.0. The Hall–Kier alpha value is -3.86. The highest BCUT2D eigenvalue weighted by Crippen LogP contribution is 2.38. The number of carbonyl (C=O) groups is 4. The summed E-state index contributed by atoms with van der Waals surface area (Å²) < 4.78 is 11.9. The van der Waals surface area contributed by atoms with Crippen molar-refractivity contribution in [2.75, 3.05) is 23.4 Å². The Morgan fingerprint density at radius 3 is 2.55 bits per heavy atom. The minimum absolute atomic E-state index is 0.208. The van der Waals surface area contributed by atoms with Crippen LogP contribution in [-0.4, -0.2) is 37.0 Å². The number of aryl methyl sites for hydroxylation is 1. The number of barbiturate groups is 1. The number of benzene rings is 3. The second kappa shape index (κ2) is 12.5. The van der Waals surface area contributed by atoms with Crippen molar-refractivity contribution in [2.24, 2.45) is 0 Å². The molecule has 1 saturated heterocycles. The molecule has 3 aromatic carbocycles. The molecule has 4 rings (SSSR count). The van der Waals surface area contributed by atoms with Crippen LogP contribution in [0.25, 0.3) is 6.08 Å². The number of hydrogen-bond acceptors (Lipinski definition) is 6. The van der Waals surface area contributed by atoms with Gasteiger partial charge in [-0.15, -0.1) is 0 Å². The van der Waals surface area contributed by atoms with E-state index >= 15 is 0 Å². The number of amides is 5. The van der Waals surface area contributed by atoms with Gasteiger partial charge in [-0.2, -0.15) is 0 Å². The first-order chi connectivity index (χ1) is 19.1. The molecule has 1 fully saturated rings. The van der Waals surface area contributed by atoms with E-state index in [1.165, 1.54) is 18.2 Å². The lowest BCUT2D eigenvalue weighted by molar-refractivity contribution is -0.122. The lowest BCUT2D eigenvalue weighted by atomic mass is 10.1. The van der Waals surface area contributed by atoms with Crippen molar-refractivity contribution < 1.29 is 28.7 Å². The van der Waals surface area contributed by atoms with Gasteiger partial charge in [0.2, 0.25) is 0 Å². The van der Waals surface area contributed by atoms with Crippen molar-refractivity contribution in [2.45, 2.75) is 13.8 Å². The number of carbonyl (C=O) groups excluding carboxylic acids is 4. The van der Waals surface area contributed by atoms with Gasteiger partial charge in [0.05, 0.1) is 16.8 Å². The highest BCUT2D eigenvalue weighted by atomic mass is 79.9. The van der Waals surface area contributed by atoms with Crippen molar-refractivity contribution in [3.05, 3.63) is 85.8 Å². The summed E-state index contributed by atoms with van der Waals surface area (Å²) in [7, 11) is 0.